The summed E-state index contributed by atoms with van der Waals surface area (Å²) in [4.78, 5) is 25.3. The standard InChI is InChI=1S/C16H24N4O/c1-19-6-4-5-13(12-19)9-14-10-18-15(11-17-14)16(21)20-7-2-3-8-20/h10-11,13H,2-9,12H2,1H3/t13-/m1/s1. The zero-order chi connectivity index (χ0) is 14.7. The van der Waals surface area contributed by atoms with Crippen molar-refractivity contribution in [2.45, 2.75) is 32.1 Å². The molecule has 114 valence electrons. The van der Waals surface area contributed by atoms with Crippen molar-refractivity contribution in [2.24, 2.45) is 5.92 Å². The van der Waals surface area contributed by atoms with E-state index in [1.807, 2.05) is 4.90 Å². The SMILES string of the molecule is CN1CCC[C@H](Cc2cnc(C(=O)N3CCCC3)cn2)C1. The summed E-state index contributed by atoms with van der Waals surface area (Å²) in [6.45, 7) is 4.05. The van der Waals surface area contributed by atoms with Crippen LogP contribution >= 0.6 is 0 Å². The van der Waals surface area contributed by atoms with E-state index in [1.54, 1.807) is 12.4 Å². The lowest BCUT2D eigenvalue weighted by Crippen LogP contribution is -2.33. The van der Waals surface area contributed by atoms with Crippen LogP contribution in [-0.4, -0.2) is 58.9 Å². The molecule has 1 amide bonds. The van der Waals surface area contributed by atoms with Gasteiger partial charge in [0, 0.05) is 25.8 Å². The molecular weight excluding hydrogens is 264 g/mol. The second-order valence-corrected chi connectivity index (χ2v) is 6.37. The second-order valence-electron chi connectivity index (χ2n) is 6.37. The Morgan fingerprint density at radius 2 is 2.00 bits per heavy atom. The highest BCUT2D eigenvalue weighted by atomic mass is 16.2. The summed E-state index contributed by atoms with van der Waals surface area (Å²) in [5, 5.41) is 0. The van der Waals surface area contributed by atoms with Crippen LogP contribution in [0, 0.1) is 5.92 Å². The molecule has 2 saturated heterocycles. The third kappa shape index (κ3) is 3.59. The maximum absolute atomic E-state index is 12.2. The summed E-state index contributed by atoms with van der Waals surface area (Å²) in [6, 6.07) is 0. The van der Waals surface area contributed by atoms with Crippen molar-refractivity contribution in [1.82, 2.24) is 19.8 Å². The molecule has 1 aromatic heterocycles. The average molecular weight is 288 g/mol. The van der Waals surface area contributed by atoms with Crippen LogP contribution in [0.3, 0.4) is 0 Å². The predicted molar refractivity (Wildman–Crippen MR) is 81.1 cm³/mol. The maximum atomic E-state index is 12.2. The van der Waals surface area contributed by atoms with Crippen molar-refractivity contribution in [3.05, 3.63) is 23.8 Å². The van der Waals surface area contributed by atoms with E-state index in [2.05, 4.69) is 21.9 Å². The highest BCUT2D eigenvalue weighted by Crippen LogP contribution is 2.19. The Kier molecular flexibility index (Phi) is 4.48. The Labute approximate surface area is 126 Å². The molecule has 2 fully saturated rings. The highest BCUT2D eigenvalue weighted by Gasteiger charge is 2.21. The van der Waals surface area contributed by atoms with Crippen molar-refractivity contribution in [1.29, 1.82) is 0 Å². The van der Waals surface area contributed by atoms with E-state index < -0.39 is 0 Å². The molecule has 3 heterocycles. The molecule has 2 aliphatic heterocycles. The van der Waals surface area contributed by atoms with E-state index in [1.165, 1.54) is 19.4 Å². The van der Waals surface area contributed by atoms with Gasteiger partial charge in [-0.15, -0.1) is 0 Å². The summed E-state index contributed by atoms with van der Waals surface area (Å²) in [7, 11) is 2.18. The lowest BCUT2D eigenvalue weighted by Gasteiger charge is -2.29. The normalized spacial score (nSPS) is 23.5. The molecule has 0 bridgehead atoms. The third-order valence-corrected chi connectivity index (χ3v) is 4.54. The van der Waals surface area contributed by atoms with Crippen molar-refractivity contribution in [3.8, 4) is 0 Å². The van der Waals surface area contributed by atoms with Gasteiger partial charge < -0.3 is 9.80 Å². The molecule has 1 atom stereocenters. The van der Waals surface area contributed by atoms with Gasteiger partial charge in [0.2, 0.25) is 0 Å². The van der Waals surface area contributed by atoms with Crippen molar-refractivity contribution in [2.75, 3.05) is 33.2 Å². The molecule has 0 N–H and O–H groups in total. The van der Waals surface area contributed by atoms with Crippen LogP contribution < -0.4 is 0 Å². The van der Waals surface area contributed by atoms with Gasteiger partial charge in [0.05, 0.1) is 11.9 Å². The van der Waals surface area contributed by atoms with Crippen LogP contribution in [0.1, 0.15) is 41.9 Å². The van der Waals surface area contributed by atoms with E-state index in [9.17, 15) is 4.79 Å². The van der Waals surface area contributed by atoms with Gasteiger partial charge in [-0.05, 0) is 51.6 Å². The second kappa shape index (κ2) is 6.52. The van der Waals surface area contributed by atoms with E-state index in [0.29, 0.717) is 11.6 Å². The van der Waals surface area contributed by atoms with E-state index in [0.717, 1.165) is 44.6 Å². The first-order valence-corrected chi connectivity index (χ1v) is 8.01. The average Bonchev–Trinajstić information content (AvgIpc) is 3.01. The minimum absolute atomic E-state index is 0.0314. The highest BCUT2D eigenvalue weighted by molar-refractivity contribution is 5.92. The Morgan fingerprint density at radius 3 is 2.67 bits per heavy atom. The number of amides is 1. The summed E-state index contributed by atoms with van der Waals surface area (Å²) in [5.74, 6) is 0.696. The molecule has 5 heteroatoms. The fraction of sp³-hybridized carbons (Fsp3) is 0.688. The number of hydrogen-bond donors (Lipinski definition) is 0. The molecule has 0 saturated carbocycles. The Morgan fingerprint density at radius 1 is 1.19 bits per heavy atom. The Hall–Kier alpha value is -1.49. The maximum Gasteiger partial charge on any atom is 0.274 e. The number of piperidine rings is 1. The summed E-state index contributed by atoms with van der Waals surface area (Å²) >= 11 is 0. The first-order chi connectivity index (χ1) is 10.2. The van der Waals surface area contributed by atoms with Crippen molar-refractivity contribution >= 4 is 5.91 Å². The third-order valence-electron chi connectivity index (χ3n) is 4.54. The first-order valence-electron chi connectivity index (χ1n) is 8.01. The molecule has 1 aromatic rings. The number of rotatable bonds is 3. The summed E-state index contributed by atoms with van der Waals surface area (Å²) in [6.07, 6.45) is 9.15. The van der Waals surface area contributed by atoms with Gasteiger partial charge in [0.1, 0.15) is 5.69 Å². The Bertz CT molecular complexity index is 482. The quantitative estimate of drug-likeness (QED) is 0.847. The molecule has 2 aliphatic rings. The van der Waals surface area contributed by atoms with Crippen molar-refractivity contribution in [3.63, 3.8) is 0 Å². The van der Waals surface area contributed by atoms with Gasteiger partial charge in [0.25, 0.3) is 5.91 Å². The smallest absolute Gasteiger partial charge is 0.274 e. The largest absolute Gasteiger partial charge is 0.337 e. The molecule has 3 rings (SSSR count). The molecule has 0 spiro atoms. The molecule has 0 aliphatic carbocycles. The van der Waals surface area contributed by atoms with Gasteiger partial charge in [0.15, 0.2) is 0 Å². The predicted octanol–water partition coefficient (Wildman–Crippen LogP) is 1.60. The zero-order valence-corrected chi connectivity index (χ0v) is 12.8. The van der Waals surface area contributed by atoms with Crippen LogP contribution in [0.2, 0.25) is 0 Å². The fourth-order valence-corrected chi connectivity index (χ4v) is 3.39. The van der Waals surface area contributed by atoms with Crippen LogP contribution in [-0.2, 0) is 6.42 Å². The summed E-state index contributed by atoms with van der Waals surface area (Å²) in [5.41, 5.74) is 1.50. The zero-order valence-electron chi connectivity index (χ0n) is 12.8. The van der Waals surface area contributed by atoms with Crippen LogP contribution in [0.5, 0.6) is 0 Å². The number of hydrogen-bond acceptors (Lipinski definition) is 4. The molecule has 21 heavy (non-hydrogen) atoms. The lowest BCUT2D eigenvalue weighted by atomic mass is 9.94. The van der Waals surface area contributed by atoms with Gasteiger partial charge in [-0.3, -0.25) is 9.78 Å². The summed E-state index contributed by atoms with van der Waals surface area (Å²) < 4.78 is 0. The van der Waals surface area contributed by atoms with E-state index in [-0.39, 0.29) is 5.91 Å². The minimum atomic E-state index is 0.0314. The molecule has 0 aromatic carbocycles. The molecule has 0 radical (unpaired) electrons. The minimum Gasteiger partial charge on any atom is -0.337 e. The molecule has 5 nitrogen and oxygen atoms in total. The number of carbonyl (C=O) groups is 1. The van der Waals surface area contributed by atoms with Gasteiger partial charge >= 0.3 is 0 Å². The molecule has 0 unspecified atom stereocenters. The van der Waals surface area contributed by atoms with Crippen LogP contribution in [0.4, 0.5) is 0 Å². The van der Waals surface area contributed by atoms with Crippen LogP contribution in [0.15, 0.2) is 12.4 Å². The lowest BCUT2D eigenvalue weighted by molar-refractivity contribution is 0.0786. The first kappa shape index (κ1) is 14.4. The van der Waals surface area contributed by atoms with E-state index >= 15 is 0 Å². The van der Waals surface area contributed by atoms with E-state index in [4.69, 9.17) is 0 Å². The van der Waals surface area contributed by atoms with Gasteiger partial charge in [-0.25, -0.2) is 4.98 Å². The Balaban J connectivity index is 1.59. The van der Waals surface area contributed by atoms with Gasteiger partial charge in [-0.2, -0.15) is 0 Å². The number of nitrogens with zero attached hydrogens (tertiary/aromatic N) is 4. The number of likely N-dealkylation sites (tertiary alicyclic amines) is 2. The van der Waals surface area contributed by atoms with Crippen molar-refractivity contribution < 1.29 is 4.79 Å². The topological polar surface area (TPSA) is 49.3 Å². The fourth-order valence-electron chi connectivity index (χ4n) is 3.39. The molecular formula is C16H24N4O. The number of aromatic nitrogens is 2. The number of carbonyl (C=O) groups excluding carboxylic acids is 1. The van der Waals surface area contributed by atoms with Gasteiger partial charge in [-0.1, -0.05) is 0 Å². The van der Waals surface area contributed by atoms with Crippen LogP contribution in [0.25, 0.3) is 0 Å². The monoisotopic (exact) mass is 288 g/mol.